The Bertz CT molecular complexity index is 630. The summed E-state index contributed by atoms with van der Waals surface area (Å²) in [4.78, 5) is 12.6. The first-order chi connectivity index (χ1) is 9.54. The van der Waals surface area contributed by atoms with E-state index in [1.54, 1.807) is 20.8 Å². The largest absolute Gasteiger partial charge is 0.380 e. The van der Waals surface area contributed by atoms with Gasteiger partial charge in [0.05, 0.1) is 11.4 Å². The van der Waals surface area contributed by atoms with Gasteiger partial charge in [-0.15, -0.1) is 0 Å². The van der Waals surface area contributed by atoms with E-state index in [2.05, 4.69) is 26.6 Å². The van der Waals surface area contributed by atoms with Crippen molar-refractivity contribution in [2.75, 3.05) is 10.6 Å². The maximum atomic E-state index is 13.0. The summed E-state index contributed by atoms with van der Waals surface area (Å²) in [7, 11) is 0. The fourth-order valence-electron chi connectivity index (χ4n) is 2.36. The molecule has 21 heavy (non-hydrogen) atoms. The van der Waals surface area contributed by atoms with Crippen LogP contribution in [0.1, 0.15) is 27.7 Å². The molecule has 116 valence electrons. The zero-order valence-electron chi connectivity index (χ0n) is 12.4. The number of carbonyl (C=O) groups excluding carboxylic acids is 1. The summed E-state index contributed by atoms with van der Waals surface area (Å²) in [6, 6.07) is 5.24. The molecule has 0 fully saturated rings. The van der Waals surface area contributed by atoms with E-state index >= 15 is 0 Å². The molecule has 2 rings (SSSR count). The molecule has 0 aromatic heterocycles. The number of rotatable bonds is 1. The van der Waals surface area contributed by atoms with Gasteiger partial charge >= 0.3 is 0 Å². The summed E-state index contributed by atoms with van der Waals surface area (Å²) in [5, 5.41) is 5.43. The number of fused-ring (bicyclic) bond motifs is 1. The molecular formula is C14H19BrClN2O2P. The van der Waals surface area contributed by atoms with Crippen LogP contribution in [-0.2, 0) is 9.36 Å². The second kappa shape index (κ2) is 5.60. The third-order valence-corrected chi connectivity index (χ3v) is 9.51. The number of benzene rings is 1. The minimum absolute atomic E-state index is 0.305. The highest BCUT2D eigenvalue weighted by molar-refractivity contribution is 9.10. The first-order valence-electron chi connectivity index (χ1n) is 6.70. The first-order valence-corrected chi connectivity index (χ1v) is 10.2. The zero-order valence-corrected chi connectivity index (χ0v) is 15.6. The summed E-state index contributed by atoms with van der Waals surface area (Å²) >= 11 is 9.75. The van der Waals surface area contributed by atoms with Crippen molar-refractivity contribution in [1.82, 2.24) is 0 Å². The van der Waals surface area contributed by atoms with E-state index in [0.29, 0.717) is 5.69 Å². The molecule has 0 aliphatic carbocycles. The van der Waals surface area contributed by atoms with E-state index in [0.717, 1.165) is 10.2 Å². The quantitative estimate of drug-likeness (QED) is 0.668. The van der Waals surface area contributed by atoms with Gasteiger partial charge in [-0.3, -0.25) is 4.79 Å². The van der Waals surface area contributed by atoms with Crippen molar-refractivity contribution in [3.8, 4) is 0 Å². The highest BCUT2D eigenvalue weighted by atomic mass is 79.9. The molecule has 4 nitrogen and oxygen atoms in total. The molecule has 7 heteroatoms. The SMILES string of the molecule is C[C@@H]1Nc2ccc(Br)cc2NC(=O)[C@H]1P(=O)(Cl)C(C)(C)C. The van der Waals surface area contributed by atoms with E-state index in [4.69, 9.17) is 11.2 Å². The summed E-state index contributed by atoms with van der Waals surface area (Å²) in [6.07, 6.45) is 0. The molecule has 1 aromatic carbocycles. The molecule has 1 aliphatic rings. The lowest BCUT2D eigenvalue weighted by molar-refractivity contribution is -0.116. The Labute approximate surface area is 138 Å². The lowest BCUT2D eigenvalue weighted by atomic mass is 10.2. The van der Waals surface area contributed by atoms with Crippen molar-refractivity contribution < 1.29 is 9.36 Å². The standard InChI is InChI=1S/C14H19BrClN2O2P/c1-8-12(21(16,20)14(2,3)4)13(19)18-11-7-9(15)5-6-10(11)17-8/h5-8,12,17H,1-4H3,(H,18,19)/t8-,12-,21?/m0/s1. The van der Waals surface area contributed by atoms with Crippen LogP contribution in [0.2, 0.25) is 0 Å². The van der Waals surface area contributed by atoms with Crippen LogP contribution in [0, 0.1) is 0 Å². The van der Waals surface area contributed by atoms with Crippen LogP contribution in [-0.4, -0.2) is 22.8 Å². The summed E-state index contributed by atoms with van der Waals surface area (Å²) in [6.45, 7) is 3.99. The van der Waals surface area contributed by atoms with Gasteiger partial charge in [-0.1, -0.05) is 47.9 Å². The number of halogens is 2. The Morgan fingerprint density at radius 1 is 1.29 bits per heavy atom. The molecule has 1 amide bonds. The lowest BCUT2D eigenvalue weighted by Crippen LogP contribution is -2.40. The maximum Gasteiger partial charge on any atom is 0.238 e. The Balaban J connectivity index is 2.46. The topological polar surface area (TPSA) is 58.2 Å². The van der Waals surface area contributed by atoms with Crippen LogP contribution in [0.15, 0.2) is 22.7 Å². The van der Waals surface area contributed by atoms with Gasteiger partial charge in [-0.2, -0.15) is 0 Å². The van der Waals surface area contributed by atoms with Crippen LogP contribution in [0.3, 0.4) is 0 Å². The second-order valence-corrected chi connectivity index (χ2v) is 11.8. The Hall–Kier alpha value is -0.510. The highest BCUT2D eigenvalue weighted by Gasteiger charge is 2.49. The molecule has 0 spiro atoms. The molecule has 0 saturated heterocycles. The minimum Gasteiger partial charge on any atom is -0.380 e. The van der Waals surface area contributed by atoms with Crippen molar-refractivity contribution >= 4 is 50.9 Å². The van der Waals surface area contributed by atoms with Crippen LogP contribution in [0.5, 0.6) is 0 Å². The first kappa shape index (κ1) is 16.9. The number of nitrogens with one attached hydrogen (secondary N) is 2. The molecule has 3 atom stereocenters. The van der Waals surface area contributed by atoms with E-state index in [1.165, 1.54) is 0 Å². The van der Waals surface area contributed by atoms with E-state index in [-0.39, 0.29) is 11.9 Å². The van der Waals surface area contributed by atoms with Crippen molar-refractivity contribution in [3.05, 3.63) is 22.7 Å². The van der Waals surface area contributed by atoms with Crippen LogP contribution in [0.25, 0.3) is 0 Å². The fourth-order valence-corrected chi connectivity index (χ4v) is 5.34. The molecule has 0 saturated carbocycles. The molecule has 1 unspecified atom stereocenters. The van der Waals surface area contributed by atoms with Crippen LogP contribution < -0.4 is 10.6 Å². The number of anilines is 2. The van der Waals surface area contributed by atoms with Gasteiger partial charge in [0, 0.05) is 15.7 Å². The van der Waals surface area contributed by atoms with Gasteiger partial charge < -0.3 is 15.2 Å². The van der Waals surface area contributed by atoms with Crippen LogP contribution in [0.4, 0.5) is 11.4 Å². The smallest absolute Gasteiger partial charge is 0.238 e. The highest BCUT2D eigenvalue weighted by Crippen LogP contribution is 2.67. The van der Waals surface area contributed by atoms with Crippen molar-refractivity contribution in [2.24, 2.45) is 0 Å². The summed E-state index contributed by atoms with van der Waals surface area (Å²) in [5.74, 6) is -0.305. The van der Waals surface area contributed by atoms with Gasteiger partial charge in [0.1, 0.15) is 5.66 Å². The van der Waals surface area contributed by atoms with E-state index in [1.807, 2.05) is 25.1 Å². The van der Waals surface area contributed by atoms with Crippen LogP contribution >= 0.6 is 33.7 Å². The Morgan fingerprint density at radius 3 is 2.48 bits per heavy atom. The molecule has 2 N–H and O–H groups in total. The third-order valence-electron chi connectivity index (χ3n) is 3.64. The van der Waals surface area contributed by atoms with Crippen molar-refractivity contribution in [2.45, 2.75) is 44.6 Å². The molecule has 1 aliphatic heterocycles. The molecule has 0 radical (unpaired) electrons. The third kappa shape index (κ3) is 3.15. The van der Waals surface area contributed by atoms with Gasteiger partial charge in [0.2, 0.25) is 5.91 Å². The Kier molecular flexibility index (Phi) is 4.50. The average Bonchev–Trinajstić information content (AvgIpc) is 2.42. The van der Waals surface area contributed by atoms with Gasteiger partial charge in [-0.25, -0.2) is 0 Å². The zero-order chi connectivity index (χ0) is 16.0. The predicted molar refractivity (Wildman–Crippen MR) is 92.9 cm³/mol. The number of hydrogen-bond acceptors (Lipinski definition) is 3. The summed E-state index contributed by atoms with van der Waals surface area (Å²) in [5.41, 5.74) is 0.673. The number of carbonyl (C=O) groups is 1. The summed E-state index contributed by atoms with van der Waals surface area (Å²) < 4.78 is 13.9. The normalized spacial score (nSPS) is 25.1. The fraction of sp³-hybridized carbons (Fsp3) is 0.500. The maximum absolute atomic E-state index is 13.0. The molecule has 0 bridgehead atoms. The lowest BCUT2D eigenvalue weighted by Gasteiger charge is -2.34. The second-order valence-electron chi connectivity index (χ2n) is 6.30. The van der Waals surface area contributed by atoms with E-state index < -0.39 is 17.3 Å². The Morgan fingerprint density at radius 2 is 1.90 bits per heavy atom. The van der Waals surface area contributed by atoms with Gasteiger partial charge in [-0.05, 0) is 25.1 Å². The molecule has 1 heterocycles. The average molecular weight is 394 g/mol. The van der Waals surface area contributed by atoms with Crippen molar-refractivity contribution in [1.29, 1.82) is 0 Å². The monoisotopic (exact) mass is 392 g/mol. The van der Waals surface area contributed by atoms with Crippen molar-refractivity contribution in [3.63, 3.8) is 0 Å². The van der Waals surface area contributed by atoms with Gasteiger partial charge in [0.15, 0.2) is 6.49 Å². The van der Waals surface area contributed by atoms with Gasteiger partial charge in [0.25, 0.3) is 0 Å². The molecule has 1 aromatic rings. The number of amides is 1. The minimum atomic E-state index is -3.25. The van der Waals surface area contributed by atoms with E-state index in [9.17, 15) is 9.36 Å². The molecular weight excluding hydrogens is 374 g/mol. The predicted octanol–water partition coefficient (Wildman–Crippen LogP) is 4.89. The number of hydrogen-bond donors (Lipinski definition) is 2.